The molecule has 3 unspecified atom stereocenters. The van der Waals surface area contributed by atoms with E-state index in [4.69, 9.17) is 0 Å². The Labute approximate surface area is 208 Å². The van der Waals surface area contributed by atoms with E-state index in [0.717, 1.165) is 0 Å². The smallest absolute Gasteiger partial charge is 0.269 e. The molecule has 3 atom stereocenters. The molecule has 6 N–H and O–H groups in total. The number of hydrogen-bond donors (Lipinski definition) is 6. The summed E-state index contributed by atoms with van der Waals surface area (Å²) >= 11 is 0. The first-order valence-electron chi connectivity index (χ1n) is 12.1. The van der Waals surface area contributed by atoms with Gasteiger partial charge in [-0.25, -0.2) is 15.0 Å². The van der Waals surface area contributed by atoms with Crippen LogP contribution < -0.4 is 16.0 Å². The van der Waals surface area contributed by atoms with Gasteiger partial charge in [0.05, 0.1) is 36.7 Å². The maximum Gasteiger partial charge on any atom is 0.269 e. The zero-order valence-corrected chi connectivity index (χ0v) is 21.3. The number of fused-ring (bicyclic) bond motifs is 6. The second-order valence-electron chi connectivity index (χ2n) is 10.1. The highest BCUT2D eigenvalue weighted by Gasteiger charge is 2.29. The Hall–Kier alpha value is -3.96. The normalized spacial score (nSPS) is 21.2. The minimum atomic E-state index is -0.473. The summed E-state index contributed by atoms with van der Waals surface area (Å²) in [4.78, 5) is 61.5. The largest absolute Gasteiger partial charge is 0.341 e. The van der Waals surface area contributed by atoms with Crippen LogP contribution in [0.3, 0.4) is 0 Å². The fourth-order valence-electron chi connectivity index (χ4n) is 4.14. The van der Waals surface area contributed by atoms with Crippen molar-refractivity contribution < 1.29 is 14.4 Å². The van der Waals surface area contributed by atoms with Crippen LogP contribution >= 0.6 is 0 Å². The van der Waals surface area contributed by atoms with Crippen LogP contribution in [0.1, 0.15) is 109 Å². The van der Waals surface area contributed by atoms with Gasteiger partial charge in [-0.05, 0) is 17.8 Å². The van der Waals surface area contributed by atoms with Gasteiger partial charge in [0.1, 0.15) is 34.6 Å². The molecule has 0 radical (unpaired) electrons. The zero-order chi connectivity index (χ0) is 26.1. The highest BCUT2D eigenvalue weighted by molar-refractivity contribution is 5.94. The van der Waals surface area contributed by atoms with E-state index in [2.05, 4.69) is 45.9 Å². The van der Waals surface area contributed by atoms with Crippen molar-refractivity contribution in [1.29, 1.82) is 0 Å². The second kappa shape index (κ2) is 9.96. The lowest BCUT2D eigenvalue weighted by atomic mass is 10.0. The van der Waals surface area contributed by atoms with Crippen molar-refractivity contribution in [3.63, 3.8) is 0 Å². The number of aromatic amines is 3. The lowest BCUT2D eigenvalue weighted by Crippen LogP contribution is -2.35. The Morgan fingerprint density at radius 2 is 0.778 bits per heavy atom. The summed E-state index contributed by atoms with van der Waals surface area (Å²) in [6.45, 7) is 11.7. The second-order valence-corrected chi connectivity index (χ2v) is 10.1. The molecule has 0 fully saturated rings. The van der Waals surface area contributed by atoms with E-state index in [1.165, 1.54) is 18.6 Å². The number of carbonyl (C=O) groups is 3. The number of aromatic nitrogens is 6. The molecule has 0 saturated carbocycles. The quantitative estimate of drug-likeness (QED) is 0.326. The number of carbonyl (C=O) groups excluding carboxylic acids is 3. The van der Waals surface area contributed by atoms with Crippen LogP contribution in [0.15, 0.2) is 18.6 Å². The van der Waals surface area contributed by atoms with Gasteiger partial charge in [0.25, 0.3) is 17.7 Å². The molecule has 1 aliphatic rings. The first kappa shape index (κ1) is 25.1. The minimum Gasteiger partial charge on any atom is -0.341 e. The van der Waals surface area contributed by atoms with Gasteiger partial charge in [-0.15, -0.1) is 0 Å². The number of H-pyrrole nitrogens is 3. The van der Waals surface area contributed by atoms with Gasteiger partial charge in [-0.1, -0.05) is 41.5 Å². The summed E-state index contributed by atoms with van der Waals surface area (Å²) in [5.41, 5.74) is 0.763. The molecule has 12 nitrogen and oxygen atoms in total. The Morgan fingerprint density at radius 1 is 0.528 bits per heavy atom. The molecule has 4 rings (SSSR count). The van der Waals surface area contributed by atoms with Gasteiger partial charge < -0.3 is 30.9 Å². The maximum absolute atomic E-state index is 13.1. The van der Waals surface area contributed by atoms with Crippen molar-refractivity contribution in [3.05, 3.63) is 53.1 Å². The Bertz CT molecular complexity index is 1100. The van der Waals surface area contributed by atoms with Crippen LogP contribution in [0, 0.1) is 17.8 Å². The molecule has 0 saturated heterocycles. The van der Waals surface area contributed by atoms with Crippen LogP contribution in [0.5, 0.6) is 0 Å². The van der Waals surface area contributed by atoms with Gasteiger partial charge in [0.2, 0.25) is 0 Å². The third-order valence-corrected chi connectivity index (χ3v) is 6.26. The summed E-state index contributed by atoms with van der Waals surface area (Å²) in [5.74, 6) is 0.243. The van der Waals surface area contributed by atoms with E-state index in [-0.39, 0.29) is 52.6 Å². The number of amides is 3. The van der Waals surface area contributed by atoms with Gasteiger partial charge >= 0.3 is 0 Å². The first-order chi connectivity index (χ1) is 17.0. The molecule has 1 aliphatic heterocycles. The van der Waals surface area contributed by atoms with Crippen molar-refractivity contribution in [2.75, 3.05) is 0 Å². The van der Waals surface area contributed by atoms with Crippen LogP contribution in [0.2, 0.25) is 0 Å². The van der Waals surface area contributed by atoms with E-state index in [9.17, 15) is 14.4 Å². The summed E-state index contributed by atoms with van der Waals surface area (Å²) in [6, 6.07) is -1.42. The molecule has 36 heavy (non-hydrogen) atoms. The predicted molar refractivity (Wildman–Crippen MR) is 131 cm³/mol. The first-order valence-corrected chi connectivity index (χ1v) is 12.1. The van der Waals surface area contributed by atoms with Gasteiger partial charge in [0, 0.05) is 0 Å². The molecule has 0 spiro atoms. The molecule has 6 bridgehead atoms. The molecule has 0 aliphatic carbocycles. The number of hydrogen-bond acceptors (Lipinski definition) is 6. The van der Waals surface area contributed by atoms with Crippen molar-refractivity contribution in [3.8, 4) is 0 Å². The van der Waals surface area contributed by atoms with Crippen LogP contribution in [0.4, 0.5) is 0 Å². The Kier molecular flexibility index (Phi) is 6.95. The number of rotatable bonds is 3. The molecular weight excluding hydrogens is 462 g/mol. The number of nitrogens with zero attached hydrogens (tertiary/aromatic N) is 3. The third-order valence-electron chi connectivity index (χ3n) is 6.26. The summed E-state index contributed by atoms with van der Waals surface area (Å²) < 4.78 is 0. The highest BCUT2D eigenvalue weighted by atomic mass is 16.2. The van der Waals surface area contributed by atoms with E-state index < -0.39 is 18.1 Å². The van der Waals surface area contributed by atoms with Crippen molar-refractivity contribution in [2.45, 2.75) is 59.7 Å². The summed E-state index contributed by atoms with van der Waals surface area (Å²) in [7, 11) is 0. The average Bonchev–Trinajstić information content (AvgIpc) is 3.58. The molecular formula is C24H33N9O3. The third kappa shape index (κ3) is 5.02. The average molecular weight is 496 g/mol. The van der Waals surface area contributed by atoms with Gasteiger partial charge in [-0.2, -0.15) is 0 Å². The minimum absolute atomic E-state index is 0.0170. The molecule has 192 valence electrons. The van der Waals surface area contributed by atoms with Crippen molar-refractivity contribution >= 4 is 17.7 Å². The molecule has 3 aromatic heterocycles. The van der Waals surface area contributed by atoms with Crippen LogP contribution in [-0.2, 0) is 0 Å². The standard InChI is InChI=1S/C24H33N9O3/c1-10(2)16-19-25-7-14(28-19)23(35)32-18(12(5)6)21-27-9-15(30-21)24(36)33-17(11(3)4)20-26-8-13(29-20)22(34)31-16/h7-12,16-18H,1-6H3,(H,25,28)(H,26,29)(H,27,30)(H,31,34)(H,32,35)(H,33,36). The fraction of sp³-hybridized carbons (Fsp3) is 0.500. The Balaban J connectivity index is 1.78. The Morgan fingerprint density at radius 3 is 1.00 bits per heavy atom. The van der Waals surface area contributed by atoms with Crippen LogP contribution in [0.25, 0.3) is 0 Å². The molecule has 3 aromatic rings. The van der Waals surface area contributed by atoms with Crippen molar-refractivity contribution in [1.82, 2.24) is 45.9 Å². The fourth-order valence-corrected chi connectivity index (χ4v) is 4.14. The molecule has 4 heterocycles. The monoisotopic (exact) mass is 495 g/mol. The lowest BCUT2D eigenvalue weighted by Gasteiger charge is -2.22. The summed E-state index contributed by atoms with van der Waals surface area (Å²) in [6.07, 6.45) is 4.33. The predicted octanol–water partition coefficient (Wildman–Crippen LogP) is 2.55. The molecule has 0 aromatic carbocycles. The van der Waals surface area contributed by atoms with Gasteiger partial charge in [0.15, 0.2) is 0 Å². The van der Waals surface area contributed by atoms with E-state index in [1.54, 1.807) is 0 Å². The topological polar surface area (TPSA) is 173 Å². The summed E-state index contributed by atoms with van der Waals surface area (Å²) in [5, 5.41) is 8.90. The van der Waals surface area contributed by atoms with E-state index in [1.807, 2.05) is 41.5 Å². The number of nitrogens with one attached hydrogen (secondary N) is 6. The number of imidazole rings is 3. The van der Waals surface area contributed by atoms with Crippen molar-refractivity contribution in [2.24, 2.45) is 17.8 Å². The maximum atomic E-state index is 13.1. The van der Waals surface area contributed by atoms with Crippen LogP contribution in [-0.4, -0.2) is 47.6 Å². The van der Waals surface area contributed by atoms with E-state index in [0.29, 0.717) is 17.5 Å². The molecule has 12 heteroatoms. The zero-order valence-electron chi connectivity index (χ0n) is 21.3. The molecule has 3 amide bonds. The lowest BCUT2D eigenvalue weighted by molar-refractivity contribution is 0.0915. The highest BCUT2D eigenvalue weighted by Crippen LogP contribution is 2.24. The van der Waals surface area contributed by atoms with Gasteiger partial charge in [-0.3, -0.25) is 14.4 Å². The van der Waals surface area contributed by atoms with E-state index >= 15 is 0 Å². The SMILES string of the molecule is CC(C)C1NC(=O)c2cnc([nH]2)C(C(C)C)NC(=O)c2cnc([nH]2)C(C(C)C)NC(=O)c2cnc1[nH]2.